The number of hydrogen-bond acceptors (Lipinski definition) is 3. The molecule has 1 unspecified atom stereocenters. The highest BCUT2D eigenvalue weighted by atomic mass is 19.1. The molecule has 1 atom stereocenters. The molecule has 0 aliphatic carbocycles. The number of carbonyl (C=O) groups excluding carboxylic acids is 1. The molecule has 1 saturated heterocycles. The van der Waals surface area contributed by atoms with E-state index in [2.05, 4.69) is 5.32 Å². The zero-order chi connectivity index (χ0) is 15.3. The van der Waals surface area contributed by atoms with E-state index in [1.807, 2.05) is 6.92 Å². The van der Waals surface area contributed by atoms with Crippen molar-refractivity contribution in [2.24, 2.45) is 5.92 Å². The summed E-state index contributed by atoms with van der Waals surface area (Å²) in [6.07, 6.45) is 1.16. The highest BCUT2D eigenvalue weighted by molar-refractivity contribution is 5.88. The molecule has 1 heterocycles. The van der Waals surface area contributed by atoms with E-state index in [1.165, 1.54) is 12.1 Å². The Labute approximate surface area is 124 Å². The third-order valence-corrected chi connectivity index (χ3v) is 4.10. The Hall–Kier alpha value is -1.46. The number of rotatable bonds is 5. The van der Waals surface area contributed by atoms with Gasteiger partial charge in [-0.3, -0.25) is 4.79 Å². The van der Waals surface area contributed by atoms with E-state index in [0.29, 0.717) is 32.6 Å². The van der Waals surface area contributed by atoms with E-state index >= 15 is 0 Å². The average Bonchev–Trinajstić information content (AvgIpc) is 2.53. The van der Waals surface area contributed by atoms with Crippen LogP contribution in [0.1, 0.15) is 25.3 Å². The number of benzene rings is 1. The summed E-state index contributed by atoms with van der Waals surface area (Å²) in [5.41, 5.74) is 0.155. The van der Waals surface area contributed by atoms with Gasteiger partial charge in [-0.25, -0.2) is 4.39 Å². The first kappa shape index (κ1) is 15.9. The summed E-state index contributed by atoms with van der Waals surface area (Å²) in [4.78, 5) is 12.7. The Kier molecular flexibility index (Phi) is 5.31. The molecule has 1 aromatic carbocycles. The van der Waals surface area contributed by atoms with Crippen LogP contribution in [0.3, 0.4) is 0 Å². The van der Waals surface area contributed by atoms with Gasteiger partial charge in [-0.15, -0.1) is 0 Å². The maximum atomic E-state index is 13.1. The monoisotopic (exact) mass is 295 g/mol. The number of aliphatic hydroxyl groups is 1. The Morgan fingerprint density at radius 2 is 2.00 bits per heavy atom. The molecule has 2 N–H and O–H groups in total. The second kappa shape index (κ2) is 7.00. The Morgan fingerprint density at radius 3 is 2.57 bits per heavy atom. The van der Waals surface area contributed by atoms with Crippen LogP contribution in [0.2, 0.25) is 0 Å². The van der Waals surface area contributed by atoms with Crippen molar-refractivity contribution >= 4 is 5.91 Å². The van der Waals surface area contributed by atoms with Crippen LogP contribution in [0.5, 0.6) is 0 Å². The summed E-state index contributed by atoms with van der Waals surface area (Å²) in [6.45, 7) is 3.36. The molecule has 0 radical (unpaired) electrons. The minimum Gasteiger partial charge on any atom is -0.396 e. The van der Waals surface area contributed by atoms with Crippen LogP contribution < -0.4 is 5.32 Å². The van der Waals surface area contributed by atoms with Crippen molar-refractivity contribution < 1.29 is 19.0 Å². The highest BCUT2D eigenvalue weighted by Crippen LogP contribution is 2.35. The number of halogens is 1. The summed E-state index contributed by atoms with van der Waals surface area (Å²) in [5.74, 6) is -0.368. The van der Waals surface area contributed by atoms with Crippen LogP contribution in [0.15, 0.2) is 24.3 Å². The van der Waals surface area contributed by atoms with Gasteiger partial charge in [0.15, 0.2) is 0 Å². The third kappa shape index (κ3) is 3.60. The number of ether oxygens (including phenoxy) is 1. The lowest BCUT2D eigenvalue weighted by Crippen LogP contribution is -2.49. The summed E-state index contributed by atoms with van der Waals surface area (Å²) in [7, 11) is 0. The first-order valence-corrected chi connectivity index (χ1v) is 7.31. The lowest BCUT2D eigenvalue weighted by atomic mass is 9.73. The predicted octanol–water partition coefficient (Wildman–Crippen LogP) is 1.62. The van der Waals surface area contributed by atoms with Gasteiger partial charge in [-0.05, 0) is 36.5 Å². The second-order valence-corrected chi connectivity index (χ2v) is 5.70. The molecule has 1 amide bonds. The molecule has 1 fully saturated rings. The SMILES string of the molecule is CC(CO)CNC(=O)C1(c2ccc(F)cc2)CCOCC1. The van der Waals surface area contributed by atoms with E-state index in [0.717, 1.165) is 5.56 Å². The zero-order valence-electron chi connectivity index (χ0n) is 12.3. The van der Waals surface area contributed by atoms with E-state index in [-0.39, 0.29) is 24.2 Å². The van der Waals surface area contributed by atoms with E-state index in [4.69, 9.17) is 9.84 Å². The van der Waals surface area contributed by atoms with Gasteiger partial charge in [-0.1, -0.05) is 19.1 Å². The van der Waals surface area contributed by atoms with E-state index in [1.54, 1.807) is 12.1 Å². The van der Waals surface area contributed by atoms with Gasteiger partial charge >= 0.3 is 0 Å². The fourth-order valence-corrected chi connectivity index (χ4v) is 2.64. The molecule has 2 rings (SSSR count). The topological polar surface area (TPSA) is 58.6 Å². The maximum Gasteiger partial charge on any atom is 0.230 e. The maximum absolute atomic E-state index is 13.1. The van der Waals surface area contributed by atoms with Crippen molar-refractivity contribution in [3.63, 3.8) is 0 Å². The molecule has 1 aliphatic rings. The quantitative estimate of drug-likeness (QED) is 0.868. The molecule has 0 spiro atoms. The van der Waals surface area contributed by atoms with Gasteiger partial charge < -0.3 is 15.2 Å². The van der Waals surface area contributed by atoms with E-state index < -0.39 is 5.41 Å². The van der Waals surface area contributed by atoms with Gasteiger partial charge in [0, 0.05) is 26.4 Å². The van der Waals surface area contributed by atoms with Crippen LogP contribution in [-0.4, -0.2) is 37.4 Å². The molecular weight excluding hydrogens is 273 g/mol. The molecule has 0 bridgehead atoms. The van der Waals surface area contributed by atoms with Crippen molar-refractivity contribution in [2.45, 2.75) is 25.2 Å². The van der Waals surface area contributed by atoms with Gasteiger partial charge in [-0.2, -0.15) is 0 Å². The molecule has 4 nitrogen and oxygen atoms in total. The number of aliphatic hydroxyl groups excluding tert-OH is 1. The summed E-state index contributed by atoms with van der Waals surface area (Å²) < 4.78 is 18.5. The van der Waals surface area contributed by atoms with Crippen LogP contribution >= 0.6 is 0 Å². The third-order valence-electron chi connectivity index (χ3n) is 4.10. The summed E-state index contributed by atoms with van der Waals surface area (Å²) >= 11 is 0. The Balaban J connectivity index is 2.20. The molecule has 116 valence electrons. The van der Waals surface area contributed by atoms with Gasteiger partial charge in [0.1, 0.15) is 5.82 Å². The predicted molar refractivity (Wildman–Crippen MR) is 77.4 cm³/mol. The molecule has 0 aromatic heterocycles. The van der Waals surface area contributed by atoms with E-state index in [9.17, 15) is 9.18 Å². The molecule has 5 heteroatoms. The normalized spacial score (nSPS) is 19.0. The van der Waals surface area contributed by atoms with Crippen molar-refractivity contribution in [1.29, 1.82) is 0 Å². The van der Waals surface area contributed by atoms with Crippen molar-refractivity contribution in [2.75, 3.05) is 26.4 Å². The Bertz CT molecular complexity index is 469. The standard InChI is InChI=1S/C16H22FNO3/c1-12(11-19)10-18-15(20)16(6-8-21-9-7-16)13-2-4-14(17)5-3-13/h2-5,12,19H,6-11H2,1H3,(H,18,20). The van der Waals surface area contributed by atoms with Crippen molar-refractivity contribution in [1.82, 2.24) is 5.32 Å². The van der Waals surface area contributed by atoms with Crippen LogP contribution in [-0.2, 0) is 14.9 Å². The molecule has 21 heavy (non-hydrogen) atoms. The molecule has 1 aliphatic heterocycles. The minimum atomic E-state index is -0.666. The Morgan fingerprint density at radius 1 is 1.38 bits per heavy atom. The fourth-order valence-electron chi connectivity index (χ4n) is 2.64. The number of nitrogens with one attached hydrogen (secondary N) is 1. The first-order chi connectivity index (χ1) is 10.1. The second-order valence-electron chi connectivity index (χ2n) is 5.70. The van der Waals surface area contributed by atoms with Crippen LogP contribution in [0.4, 0.5) is 4.39 Å². The largest absolute Gasteiger partial charge is 0.396 e. The first-order valence-electron chi connectivity index (χ1n) is 7.31. The van der Waals surface area contributed by atoms with Crippen molar-refractivity contribution in [3.8, 4) is 0 Å². The van der Waals surface area contributed by atoms with Gasteiger partial charge in [0.2, 0.25) is 5.91 Å². The molecular formula is C16H22FNO3. The number of carbonyl (C=O) groups is 1. The van der Waals surface area contributed by atoms with Crippen molar-refractivity contribution in [3.05, 3.63) is 35.6 Å². The molecule has 1 aromatic rings. The number of amides is 1. The number of hydrogen-bond donors (Lipinski definition) is 2. The highest BCUT2D eigenvalue weighted by Gasteiger charge is 2.41. The molecule has 0 saturated carbocycles. The minimum absolute atomic E-state index is 0.0130. The van der Waals surface area contributed by atoms with Gasteiger partial charge in [0.25, 0.3) is 0 Å². The van der Waals surface area contributed by atoms with Crippen LogP contribution in [0.25, 0.3) is 0 Å². The summed E-state index contributed by atoms with van der Waals surface area (Å²) in [6, 6.07) is 6.12. The van der Waals surface area contributed by atoms with Gasteiger partial charge in [0.05, 0.1) is 5.41 Å². The smallest absolute Gasteiger partial charge is 0.230 e. The summed E-state index contributed by atoms with van der Waals surface area (Å²) in [5, 5.41) is 12.0. The van der Waals surface area contributed by atoms with Crippen LogP contribution in [0, 0.1) is 11.7 Å². The lowest BCUT2D eigenvalue weighted by Gasteiger charge is -2.36. The zero-order valence-corrected chi connectivity index (χ0v) is 12.3. The lowest BCUT2D eigenvalue weighted by molar-refractivity contribution is -0.130. The average molecular weight is 295 g/mol. The fraction of sp³-hybridized carbons (Fsp3) is 0.562.